The van der Waals surface area contributed by atoms with Gasteiger partial charge in [0, 0.05) is 16.6 Å². The number of nitrogens with one attached hydrogen (secondary N) is 1. The molecule has 2 nitrogen and oxygen atoms in total. The predicted octanol–water partition coefficient (Wildman–Crippen LogP) is 4.27. The molecule has 0 saturated carbocycles. The van der Waals surface area contributed by atoms with E-state index >= 15 is 0 Å². The highest BCUT2D eigenvalue weighted by molar-refractivity contribution is 9.10. The molecule has 0 radical (unpaired) electrons. The molecule has 0 bridgehead atoms. The summed E-state index contributed by atoms with van der Waals surface area (Å²) in [6.45, 7) is 5.00. The highest BCUT2D eigenvalue weighted by Crippen LogP contribution is 2.23. The van der Waals surface area contributed by atoms with E-state index < -0.39 is 0 Å². The molecule has 94 valence electrons. The standard InChI is InChI=1S/C13H17BrClNO/c1-3-9(4-2)8-16-13(17)10-5-6-12(15)11(14)7-10/h5-7,9H,3-4,8H2,1-2H3,(H,16,17). The maximum Gasteiger partial charge on any atom is 0.251 e. The summed E-state index contributed by atoms with van der Waals surface area (Å²) in [5.74, 6) is 0.504. The van der Waals surface area contributed by atoms with E-state index in [0.717, 1.165) is 23.9 Å². The predicted molar refractivity (Wildman–Crippen MR) is 75.6 cm³/mol. The van der Waals surface area contributed by atoms with Crippen molar-refractivity contribution in [3.63, 3.8) is 0 Å². The van der Waals surface area contributed by atoms with Crippen LogP contribution in [0.1, 0.15) is 37.0 Å². The topological polar surface area (TPSA) is 29.1 Å². The first-order valence-corrected chi connectivity index (χ1v) is 6.98. The van der Waals surface area contributed by atoms with Gasteiger partial charge in [-0.15, -0.1) is 0 Å². The Morgan fingerprint density at radius 1 is 1.41 bits per heavy atom. The lowest BCUT2D eigenvalue weighted by atomic mass is 10.0. The summed E-state index contributed by atoms with van der Waals surface area (Å²) in [6, 6.07) is 5.19. The number of hydrogen-bond donors (Lipinski definition) is 1. The molecule has 0 aliphatic rings. The van der Waals surface area contributed by atoms with Gasteiger partial charge in [0.15, 0.2) is 0 Å². The van der Waals surface area contributed by atoms with Gasteiger partial charge in [-0.05, 0) is 40.0 Å². The van der Waals surface area contributed by atoms with Crippen LogP contribution in [0.15, 0.2) is 22.7 Å². The monoisotopic (exact) mass is 317 g/mol. The molecule has 0 aromatic heterocycles. The molecule has 17 heavy (non-hydrogen) atoms. The maximum absolute atomic E-state index is 11.9. The molecular weight excluding hydrogens is 302 g/mol. The third-order valence-corrected chi connectivity index (χ3v) is 4.10. The second kappa shape index (κ2) is 7.02. The first-order valence-electron chi connectivity index (χ1n) is 5.81. The molecule has 0 atom stereocenters. The van der Waals surface area contributed by atoms with Gasteiger partial charge in [0.25, 0.3) is 5.91 Å². The molecule has 1 aromatic rings. The summed E-state index contributed by atoms with van der Waals surface area (Å²) in [5, 5.41) is 3.56. The van der Waals surface area contributed by atoms with Crippen LogP contribution < -0.4 is 5.32 Å². The normalized spacial score (nSPS) is 10.6. The Kier molecular flexibility index (Phi) is 6.00. The van der Waals surface area contributed by atoms with Crippen LogP contribution in [-0.4, -0.2) is 12.5 Å². The fourth-order valence-corrected chi connectivity index (χ4v) is 2.05. The van der Waals surface area contributed by atoms with Gasteiger partial charge in [-0.25, -0.2) is 0 Å². The van der Waals surface area contributed by atoms with Gasteiger partial charge in [-0.1, -0.05) is 38.3 Å². The van der Waals surface area contributed by atoms with Crippen LogP contribution in [0.2, 0.25) is 5.02 Å². The number of halogens is 2. The van der Waals surface area contributed by atoms with Crippen LogP contribution in [0.3, 0.4) is 0 Å². The third-order valence-electron chi connectivity index (χ3n) is 2.89. The zero-order valence-corrected chi connectivity index (χ0v) is 12.4. The minimum Gasteiger partial charge on any atom is -0.352 e. The van der Waals surface area contributed by atoms with Crippen molar-refractivity contribution in [2.75, 3.05) is 6.54 Å². The van der Waals surface area contributed by atoms with Crippen molar-refractivity contribution in [3.8, 4) is 0 Å². The van der Waals surface area contributed by atoms with Crippen LogP contribution in [0, 0.1) is 5.92 Å². The van der Waals surface area contributed by atoms with Gasteiger partial charge in [-0.2, -0.15) is 0 Å². The fraction of sp³-hybridized carbons (Fsp3) is 0.462. The lowest BCUT2D eigenvalue weighted by Gasteiger charge is -2.13. The maximum atomic E-state index is 11.9. The van der Waals surface area contributed by atoms with Gasteiger partial charge in [0.05, 0.1) is 5.02 Å². The molecule has 4 heteroatoms. The lowest BCUT2D eigenvalue weighted by Crippen LogP contribution is -2.28. The average Bonchev–Trinajstić information content (AvgIpc) is 2.33. The highest BCUT2D eigenvalue weighted by atomic mass is 79.9. The van der Waals surface area contributed by atoms with Crippen molar-refractivity contribution in [1.29, 1.82) is 0 Å². The minimum absolute atomic E-state index is 0.0470. The van der Waals surface area contributed by atoms with Gasteiger partial charge in [0.1, 0.15) is 0 Å². The van der Waals surface area contributed by atoms with Gasteiger partial charge in [0.2, 0.25) is 0 Å². The van der Waals surface area contributed by atoms with E-state index in [2.05, 4.69) is 35.1 Å². The molecule has 0 aliphatic heterocycles. The molecule has 1 N–H and O–H groups in total. The summed E-state index contributed by atoms with van der Waals surface area (Å²) in [7, 11) is 0. The van der Waals surface area contributed by atoms with Crippen LogP contribution in [0.5, 0.6) is 0 Å². The van der Waals surface area contributed by atoms with E-state index in [1.54, 1.807) is 18.2 Å². The van der Waals surface area contributed by atoms with E-state index in [1.807, 2.05) is 0 Å². The van der Waals surface area contributed by atoms with E-state index in [9.17, 15) is 4.79 Å². The summed E-state index contributed by atoms with van der Waals surface area (Å²) in [6.07, 6.45) is 2.17. The SMILES string of the molecule is CCC(CC)CNC(=O)c1ccc(Cl)c(Br)c1. The quantitative estimate of drug-likeness (QED) is 0.863. The number of amides is 1. The van der Waals surface area contributed by atoms with Crippen LogP contribution in [0.4, 0.5) is 0 Å². The minimum atomic E-state index is -0.0470. The molecule has 0 heterocycles. The van der Waals surface area contributed by atoms with Gasteiger partial charge in [-0.3, -0.25) is 4.79 Å². The Morgan fingerprint density at radius 2 is 2.06 bits per heavy atom. The second-order valence-corrected chi connectivity index (χ2v) is 5.28. The zero-order valence-electron chi connectivity index (χ0n) is 10.1. The third kappa shape index (κ3) is 4.32. The number of carbonyl (C=O) groups excluding carboxylic acids is 1. The lowest BCUT2D eigenvalue weighted by molar-refractivity contribution is 0.0946. The average molecular weight is 319 g/mol. The largest absolute Gasteiger partial charge is 0.352 e. The van der Waals surface area contributed by atoms with Crippen molar-refractivity contribution in [3.05, 3.63) is 33.3 Å². The fourth-order valence-electron chi connectivity index (χ4n) is 1.55. The Balaban J connectivity index is 2.61. The zero-order chi connectivity index (χ0) is 12.8. The van der Waals surface area contributed by atoms with Crippen molar-refractivity contribution in [1.82, 2.24) is 5.32 Å². The Bertz CT molecular complexity index is 391. The first kappa shape index (κ1) is 14.5. The number of benzene rings is 1. The molecule has 0 spiro atoms. The van der Waals surface area contributed by atoms with Crippen molar-refractivity contribution < 1.29 is 4.79 Å². The van der Waals surface area contributed by atoms with E-state index in [-0.39, 0.29) is 5.91 Å². The molecule has 1 rings (SSSR count). The molecule has 0 aliphatic carbocycles. The van der Waals surface area contributed by atoms with Crippen LogP contribution in [0.25, 0.3) is 0 Å². The highest BCUT2D eigenvalue weighted by Gasteiger charge is 2.09. The van der Waals surface area contributed by atoms with Crippen molar-refractivity contribution in [2.45, 2.75) is 26.7 Å². The Morgan fingerprint density at radius 3 is 2.59 bits per heavy atom. The molecule has 0 saturated heterocycles. The van der Waals surface area contributed by atoms with Crippen molar-refractivity contribution in [2.24, 2.45) is 5.92 Å². The Labute approximate surface area is 116 Å². The van der Waals surface area contributed by atoms with Gasteiger partial charge < -0.3 is 5.32 Å². The van der Waals surface area contributed by atoms with Crippen LogP contribution in [-0.2, 0) is 0 Å². The van der Waals surface area contributed by atoms with Gasteiger partial charge >= 0.3 is 0 Å². The smallest absolute Gasteiger partial charge is 0.251 e. The molecular formula is C13H17BrClNO. The van der Waals surface area contributed by atoms with E-state index in [4.69, 9.17) is 11.6 Å². The van der Waals surface area contributed by atoms with Crippen molar-refractivity contribution >= 4 is 33.4 Å². The molecule has 1 aromatic carbocycles. The molecule has 0 fully saturated rings. The summed E-state index contributed by atoms with van der Waals surface area (Å²) < 4.78 is 0.745. The van der Waals surface area contributed by atoms with E-state index in [0.29, 0.717) is 16.5 Å². The summed E-state index contributed by atoms with van der Waals surface area (Å²) in [4.78, 5) is 11.9. The molecule has 1 amide bonds. The first-order chi connectivity index (χ1) is 8.08. The summed E-state index contributed by atoms with van der Waals surface area (Å²) in [5.41, 5.74) is 0.632. The second-order valence-electron chi connectivity index (χ2n) is 4.02. The molecule has 0 unspecified atom stereocenters. The number of carbonyl (C=O) groups is 1. The summed E-state index contributed by atoms with van der Waals surface area (Å²) >= 11 is 9.19. The number of hydrogen-bond acceptors (Lipinski definition) is 1. The number of rotatable bonds is 5. The Hall–Kier alpha value is -0.540. The van der Waals surface area contributed by atoms with Crippen LogP contribution >= 0.6 is 27.5 Å². The van der Waals surface area contributed by atoms with E-state index in [1.165, 1.54) is 0 Å².